The van der Waals surface area contributed by atoms with Crippen LogP contribution in [0, 0.1) is 12.8 Å². The maximum atomic E-state index is 13.5. The van der Waals surface area contributed by atoms with Crippen LogP contribution in [0.5, 0.6) is 0 Å². The number of nitrogens with zero attached hydrogens (tertiary/aromatic N) is 3. The highest BCUT2D eigenvalue weighted by molar-refractivity contribution is 6.30. The second-order valence-corrected chi connectivity index (χ2v) is 9.32. The second kappa shape index (κ2) is 10.3. The minimum atomic E-state index is -0.478. The average Bonchev–Trinajstić information content (AvgIpc) is 3.13. The van der Waals surface area contributed by atoms with Gasteiger partial charge in [-0.1, -0.05) is 41.9 Å². The minimum Gasteiger partial charge on any atom is -0.315 e. The molecule has 4 rings (SSSR count). The van der Waals surface area contributed by atoms with Gasteiger partial charge < -0.3 is 4.90 Å². The topological polar surface area (TPSA) is 55.2 Å². The number of hydrogen-bond acceptors (Lipinski definition) is 3. The molecule has 0 fully saturated rings. The highest BCUT2D eigenvalue weighted by Crippen LogP contribution is 2.25. The van der Waals surface area contributed by atoms with E-state index in [1.165, 1.54) is 17.7 Å². The summed E-state index contributed by atoms with van der Waals surface area (Å²) in [6, 6.07) is 17.0. The molecule has 0 N–H and O–H groups in total. The Morgan fingerprint density at radius 1 is 1.09 bits per heavy atom. The highest BCUT2D eigenvalue weighted by atomic mass is 35.5. The number of ketones is 1. The molecule has 1 heterocycles. The van der Waals surface area contributed by atoms with Gasteiger partial charge in [0.05, 0.1) is 12.2 Å². The van der Waals surface area contributed by atoms with E-state index in [2.05, 4.69) is 5.10 Å². The number of halogens is 1. The average molecular weight is 464 g/mol. The van der Waals surface area contributed by atoms with E-state index in [-0.39, 0.29) is 24.7 Å². The lowest BCUT2D eigenvalue weighted by Gasteiger charge is -2.24. The van der Waals surface area contributed by atoms with Crippen molar-refractivity contribution in [2.45, 2.75) is 52.0 Å². The van der Waals surface area contributed by atoms with Gasteiger partial charge in [0.2, 0.25) is 5.91 Å². The zero-order valence-electron chi connectivity index (χ0n) is 19.3. The monoisotopic (exact) mass is 463 g/mol. The number of amides is 1. The van der Waals surface area contributed by atoms with Gasteiger partial charge in [0.25, 0.3) is 0 Å². The van der Waals surface area contributed by atoms with Crippen LogP contribution in [0.15, 0.2) is 54.6 Å². The first-order chi connectivity index (χ1) is 15.9. The van der Waals surface area contributed by atoms with E-state index in [9.17, 15) is 9.59 Å². The van der Waals surface area contributed by atoms with Gasteiger partial charge in [0, 0.05) is 35.8 Å². The Kier molecular flexibility index (Phi) is 7.29. The number of carbonyl (C=O) groups is 2. The molecule has 2 aromatic carbocycles. The normalized spacial score (nSPS) is 13.9. The molecule has 1 aromatic heterocycles. The summed E-state index contributed by atoms with van der Waals surface area (Å²) in [7, 11) is 1.76. The molecule has 0 spiro atoms. The predicted octanol–water partition coefficient (Wildman–Crippen LogP) is 5.20. The number of Topliss-reactive ketones (excluding diaryl/α,β-unsaturated/α-hetero) is 1. The maximum Gasteiger partial charge on any atom is 0.230 e. The summed E-state index contributed by atoms with van der Waals surface area (Å²) in [5.74, 6) is -0.533. The number of anilines is 1. The van der Waals surface area contributed by atoms with Crippen molar-refractivity contribution in [2.24, 2.45) is 5.92 Å². The molecule has 6 heteroatoms. The van der Waals surface area contributed by atoms with E-state index in [1.807, 2.05) is 66.2 Å². The molecule has 5 nitrogen and oxygen atoms in total. The van der Waals surface area contributed by atoms with Gasteiger partial charge in [-0.05, 0) is 74.4 Å². The molecule has 3 aromatic rings. The van der Waals surface area contributed by atoms with E-state index < -0.39 is 5.92 Å². The minimum absolute atomic E-state index is 0.0210. The molecule has 0 saturated heterocycles. The van der Waals surface area contributed by atoms with Gasteiger partial charge in [0.1, 0.15) is 0 Å². The fraction of sp³-hybridized carbons (Fsp3) is 0.370. The first-order valence-corrected chi connectivity index (χ1v) is 11.9. The van der Waals surface area contributed by atoms with Crippen LogP contribution in [-0.4, -0.2) is 28.5 Å². The van der Waals surface area contributed by atoms with Crippen LogP contribution in [0.25, 0.3) is 0 Å². The molecule has 1 amide bonds. The molecule has 1 aliphatic rings. The quantitative estimate of drug-likeness (QED) is 0.461. The van der Waals surface area contributed by atoms with Crippen LogP contribution >= 0.6 is 11.6 Å². The van der Waals surface area contributed by atoms with Crippen molar-refractivity contribution < 1.29 is 9.59 Å². The lowest BCUT2D eigenvalue weighted by Crippen LogP contribution is -2.35. The highest BCUT2D eigenvalue weighted by Gasteiger charge is 2.27. The number of benzene rings is 2. The van der Waals surface area contributed by atoms with E-state index in [0.29, 0.717) is 11.4 Å². The molecular weight excluding hydrogens is 434 g/mol. The summed E-state index contributed by atoms with van der Waals surface area (Å²) in [6.45, 7) is 2.23. The molecular formula is C27H30ClN3O2. The zero-order valence-corrected chi connectivity index (χ0v) is 20.0. The van der Waals surface area contributed by atoms with Crippen molar-refractivity contribution >= 4 is 29.0 Å². The van der Waals surface area contributed by atoms with Crippen molar-refractivity contribution in [3.8, 4) is 0 Å². The Balaban J connectivity index is 1.54. The molecule has 0 bridgehead atoms. The van der Waals surface area contributed by atoms with Crippen molar-refractivity contribution in [3.63, 3.8) is 0 Å². The standard InChI is InChI=1S/C27H30ClN3O2/c1-19-25-13-6-7-14-26(25)31(29-19)18-24(32)17-21(15-20-9-8-10-22(28)16-20)27(33)30(2)23-11-4-3-5-12-23/h3-5,8-12,16,21H,6-7,13-15,17-18H2,1-2H3/t21-/m1/s1. The third-order valence-corrected chi connectivity index (χ3v) is 6.69. The van der Waals surface area contributed by atoms with Gasteiger partial charge in [-0.2, -0.15) is 5.10 Å². The Labute approximate surface area is 200 Å². The Bertz CT molecular complexity index is 1140. The molecule has 0 unspecified atom stereocenters. The molecule has 0 radical (unpaired) electrons. The number of rotatable bonds is 8. The van der Waals surface area contributed by atoms with Gasteiger partial charge in [-0.3, -0.25) is 14.3 Å². The Morgan fingerprint density at radius 3 is 2.61 bits per heavy atom. The van der Waals surface area contributed by atoms with E-state index in [4.69, 9.17) is 11.6 Å². The lowest BCUT2D eigenvalue weighted by atomic mass is 9.92. The number of hydrogen-bond donors (Lipinski definition) is 0. The molecule has 1 aliphatic carbocycles. The summed E-state index contributed by atoms with van der Waals surface area (Å²) in [5.41, 5.74) is 5.26. The van der Waals surface area contributed by atoms with Crippen molar-refractivity contribution in [1.82, 2.24) is 9.78 Å². The van der Waals surface area contributed by atoms with Crippen LogP contribution in [0.4, 0.5) is 5.69 Å². The van der Waals surface area contributed by atoms with Gasteiger partial charge in [-0.15, -0.1) is 0 Å². The maximum absolute atomic E-state index is 13.5. The van der Waals surface area contributed by atoms with Crippen LogP contribution in [0.2, 0.25) is 5.02 Å². The summed E-state index contributed by atoms with van der Waals surface area (Å²) < 4.78 is 1.87. The largest absolute Gasteiger partial charge is 0.315 e. The molecule has 1 atom stereocenters. The summed E-state index contributed by atoms with van der Waals surface area (Å²) in [4.78, 5) is 28.3. The fourth-order valence-corrected chi connectivity index (χ4v) is 4.96. The lowest BCUT2D eigenvalue weighted by molar-refractivity contribution is -0.127. The molecule has 172 valence electrons. The summed E-state index contributed by atoms with van der Waals surface area (Å²) >= 11 is 6.18. The first kappa shape index (κ1) is 23.2. The number of fused-ring (bicyclic) bond motifs is 1. The van der Waals surface area contributed by atoms with E-state index >= 15 is 0 Å². The van der Waals surface area contributed by atoms with Crippen molar-refractivity contribution in [3.05, 3.63) is 82.1 Å². The predicted molar refractivity (Wildman–Crippen MR) is 132 cm³/mol. The van der Waals surface area contributed by atoms with Gasteiger partial charge in [-0.25, -0.2) is 0 Å². The van der Waals surface area contributed by atoms with E-state index in [0.717, 1.165) is 36.2 Å². The summed E-state index contributed by atoms with van der Waals surface area (Å²) in [6.07, 6.45) is 4.92. The fourth-order valence-electron chi connectivity index (χ4n) is 4.75. The number of carbonyl (C=O) groups excluding carboxylic acids is 2. The summed E-state index contributed by atoms with van der Waals surface area (Å²) in [5, 5.41) is 5.27. The molecule has 0 aliphatic heterocycles. The third-order valence-electron chi connectivity index (χ3n) is 6.45. The van der Waals surface area contributed by atoms with E-state index in [1.54, 1.807) is 11.9 Å². The van der Waals surface area contributed by atoms with Crippen LogP contribution < -0.4 is 4.90 Å². The van der Waals surface area contributed by atoms with Gasteiger partial charge >= 0.3 is 0 Å². The SMILES string of the molecule is Cc1nn(CC(=O)C[C@@H](Cc2cccc(Cl)c2)C(=O)N(C)c2ccccc2)c2c1CCCC2. The molecule has 33 heavy (non-hydrogen) atoms. The van der Waals surface area contributed by atoms with Crippen LogP contribution in [0.1, 0.15) is 41.8 Å². The zero-order chi connectivity index (χ0) is 23.4. The Hall–Kier alpha value is -2.92. The number of aromatic nitrogens is 2. The Morgan fingerprint density at radius 2 is 1.85 bits per heavy atom. The van der Waals surface area contributed by atoms with Gasteiger partial charge in [0.15, 0.2) is 5.78 Å². The first-order valence-electron chi connectivity index (χ1n) is 11.6. The smallest absolute Gasteiger partial charge is 0.230 e. The second-order valence-electron chi connectivity index (χ2n) is 8.88. The van der Waals surface area contributed by atoms with Crippen LogP contribution in [0.3, 0.4) is 0 Å². The number of para-hydroxylation sites is 1. The number of aryl methyl sites for hydroxylation is 1. The van der Waals surface area contributed by atoms with Crippen LogP contribution in [-0.2, 0) is 35.4 Å². The third kappa shape index (κ3) is 5.53. The molecule has 0 saturated carbocycles. The van der Waals surface area contributed by atoms with Crippen molar-refractivity contribution in [1.29, 1.82) is 0 Å². The van der Waals surface area contributed by atoms with Crippen molar-refractivity contribution in [2.75, 3.05) is 11.9 Å².